The van der Waals surface area contributed by atoms with Crippen LogP contribution in [-0.4, -0.2) is 18.8 Å². The van der Waals surface area contributed by atoms with Crippen LogP contribution in [0.4, 0.5) is 0 Å². The third-order valence-corrected chi connectivity index (χ3v) is 2.66. The second-order valence-electron chi connectivity index (χ2n) is 5.48. The molecule has 0 bridgehead atoms. The molecule has 0 spiro atoms. The molecule has 0 aliphatic carbocycles. The third-order valence-electron chi connectivity index (χ3n) is 2.66. The number of rotatable bonds is 6. The second kappa shape index (κ2) is 6.88. The molecule has 2 N–H and O–H groups in total. The molecule has 0 aliphatic rings. The maximum Gasteiger partial charge on any atom is 0.0720 e. The van der Waals surface area contributed by atoms with Gasteiger partial charge in [0.15, 0.2) is 0 Å². The van der Waals surface area contributed by atoms with Gasteiger partial charge in [0.25, 0.3) is 0 Å². The van der Waals surface area contributed by atoms with Crippen molar-refractivity contribution in [3.63, 3.8) is 0 Å². The summed E-state index contributed by atoms with van der Waals surface area (Å²) in [4.78, 5) is 0. The van der Waals surface area contributed by atoms with Crippen LogP contribution in [0.1, 0.15) is 37.5 Å². The molecule has 0 atom stereocenters. The minimum Gasteiger partial charge on any atom is -0.374 e. The van der Waals surface area contributed by atoms with Crippen molar-refractivity contribution >= 4 is 0 Å². The van der Waals surface area contributed by atoms with Gasteiger partial charge in [-0.1, -0.05) is 18.2 Å². The zero-order valence-electron chi connectivity index (χ0n) is 12.0. The SMILES string of the molecule is Cc1cc(CN)ccc1COCCOC(C)(C)C. The molecular weight excluding hydrogens is 226 g/mol. The van der Waals surface area contributed by atoms with Crippen molar-refractivity contribution in [2.75, 3.05) is 13.2 Å². The first-order valence-corrected chi connectivity index (χ1v) is 6.42. The average molecular weight is 251 g/mol. The fourth-order valence-electron chi connectivity index (χ4n) is 1.64. The summed E-state index contributed by atoms with van der Waals surface area (Å²) in [5, 5.41) is 0. The Morgan fingerprint density at radius 2 is 1.89 bits per heavy atom. The van der Waals surface area contributed by atoms with Crippen LogP contribution in [0.15, 0.2) is 18.2 Å². The predicted molar refractivity (Wildman–Crippen MR) is 74.4 cm³/mol. The van der Waals surface area contributed by atoms with E-state index < -0.39 is 0 Å². The summed E-state index contributed by atoms with van der Waals surface area (Å²) in [7, 11) is 0. The van der Waals surface area contributed by atoms with Crippen LogP contribution in [0.3, 0.4) is 0 Å². The number of aryl methyl sites for hydroxylation is 1. The van der Waals surface area contributed by atoms with Crippen LogP contribution in [0, 0.1) is 6.92 Å². The number of hydrogen-bond acceptors (Lipinski definition) is 3. The minimum atomic E-state index is -0.0952. The van der Waals surface area contributed by atoms with Gasteiger partial charge >= 0.3 is 0 Å². The Balaban J connectivity index is 2.31. The van der Waals surface area contributed by atoms with E-state index >= 15 is 0 Å². The Hall–Kier alpha value is -0.900. The summed E-state index contributed by atoms with van der Waals surface area (Å²) in [5.74, 6) is 0. The molecule has 0 aliphatic heterocycles. The van der Waals surface area contributed by atoms with Crippen LogP contribution in [-0.2, 0) is 22.6 Å². The summed E-state index contributed by atoms with van der Waals surface area (Å²) in [5.41, 5.74) is 9.11. The molecule has 0 aromatic heterocycles. The van der Waals surface area contributed by atoms with E-state index in [0.29, 0.717) is 26.4 Å². The molecule has 18 heavy (non-hydrogen) atoms. The number of ether oxygens (including phenoxy) is 2. The standard InChI is InChI=1S/C15H25NO2/c1-12-9-13(10-16)5-6-14(12)11-17-7-8-18-15(2,3)4/h5-6,9H,7-8,10-11,16H2,1-4H3. The fourth-order valence-corrected chi connectivity index (χ4v) is 1.64. The van der Waals surface area contributed by atoms with Gasteiger partial charge in [0, 0.05) is 6.54 Å². The Morgan fingerprint density at radius 3 is 2.44 bits per heavy atom. The Bertz CT molecular complexity index is 369. The molecule has 0 fully saturated rings. The fraction of sp³-hybridized carbons (Fsp3) is 0.600. The van der Waals surface area contributed by atoms with Crippen molar-refractivity contribution in [2.24, 2.45) is 5.73 Å². The summed E-state index contributed by atoms with van der Waals surface area (Å²) in [6.07, 6.45) is 0. The zero-order chi connectivity index (χ0) is 13.6. The third kappa shape index (κ3) is 5.63. The molecule has 0 amide bonds. The highest BCUT2D eigenvalue weighted by molar-refractivity contribution is 5.30. The molecule has 0 radical (unpaired) electrons. The van der Waals surface area contributed by atoms with Crippen LogP contribution in [0.2, 0.25) is 0 Å². The molecule has 0 heterocycles. The van der Waals surface area contributed by atoms with Gasteiger partial charge in [0.05, 0.1) is 25.4 Å². The molecule has 0 saturated carbocycles. The molecule has 1 aromatic carbocycles. The normalized spacial score (nSPS) is 11.8. The Labute approximate surface area is 110 Å². The summed E-state index contributed by atoms with van der Waals surface area (Å²) >= 11 is 0. The van der Waals surface area contributed by atoms with Crippen molar-refractivity contribution in [3.8, 4) is 0 Å². The van der Waals surface area contributed by atoms with Crippen molar-refractivity contribution in [1.82, 2.24) is 0 Å². The Kier molecular flexibility index (Phi) is 5.79. The summed E-state index contributed by atoms with van der Waals surface area (Å²) in [6, 6.07) is 6.25. The molecule has 102 valence electrons. The van der Waals surface area contributed by atoms with Gasteiger partial charge in [-0.25, -0.2) is 0 Å². The molecule has 1 aromatic rings. The van der Waals surface area contributed by atoms with Gasteiger partial charge in [-0.2, -0.15) is 0 Å². The second-order valence-corrected chi connectivity index (χ2v) is 5.48. The van der Waals surface area contributed by atoms with E-state index in [-0.39, 0.29) is 5.60 Å². The van der Waals surface area contributed by atoms with E-state index in [1.807, 2.05) is 20.8 Å². The van der Waals surface area contributed by atoms with Crippen LogP contribution in [0.5, 0.6) is 0 Å². The molecular formula is C15H25NO2. The van der Waals surface area contributed by atoms with Gasteiger partial charge in [-0.05, 0) is 44.4 Å². The van der Waals surface area contributed by atoms with E-state index in [9.17, 15) is 0 Å². The van der Waals surface area contributed by atoms with Crippen LogP contribution < -0.4 is 5.73 Å². The topological polar surface area (TPSA) is 44.5 Å². The molecule has 0 saturated heterocycles. The van der Waals surface area contributed by atoms with Crippen LogP contribution >= 0.6 is 0 Å². The lowest BCUT2D eigenvalue weighted by atomic mass is 10.1. The number of hydrogen-bond donors (Lipinski definition) is 1. The van der Waals surface area contributed by atoms with Crippen LogP contribution in [0.25, 0.3) is 0 Å². The lowest BCUT2D eigenvalue weighted by molar-refractivity contribution is -0.0377. The maximum absolute atomic E-state index is 5.61. The van der Waals surface area contributed by atoms with E-state index in [2.05, 4.69) is 25.1 Å². The van der Waals surface area contributed by atoms with E-state index in [1.165, 1.54) is 11.1 Å². The highest BCUT2D eigenvalue weighted by Gasteiger charge is 2.09. The summed E-state index contributed by atoms with van der Waals surface area (Å²) < 4.78 is 11.2. The highest BCUT2D eigenvalue weighted by atomic mass is 16.5. The minimum absolute atomic E-state index is 0.0952. The van der Waals surface area contributed by atoms with Gasteiger partial charge < -0.3 is 15.2 Å². The van der Waals surface area contributed by atoms with Gasteiger partial charge in [0.2, 0.25) is 0 Å². The maximum atomic E-state index is 5.61. The molecule has 1 rings (SSSR count). The summed E-state index contributed by atoms with van der Waals surface area (Å²) in [6.45, 7) is 10.7. The quantitative estimate of drug-likeness (QED) is 0.791. The van der Waals surface area contributed by atoms with E-state index in [0.717, 1.165) is 5.56 Å². The van der Waals surface area contributed by atoms with Crippen molar-refractivity contribution in [1.29, 1.82) is 0 Å². The van der Waals surface area contributed by atoms with Crippen molar-refractivity contribution in [3.05, 3.63) is 34.9 Å². The lowest BCUT2D eigenvalue weighted by Crippen LogP contribution is -2.21. The van der Waals surface area contributed by atoms with Gasteiger partial charge in [-0.3, -0.25) is 0 Å². The Morgan fingerprint density at radius 1 is 1.17 bits per heavy atom. The first-order valence-electron chi connectivity index (χ1n) is 6.42. The highest BCUT2D eigenvalue weighted by Crippen LogP contribution is 2.12. The first kappa shape index (κ1) is 15.2. The van der Waals surface area contributed by atoms with Gasteiger partial charge in [0.1, 0.15) is 0 Å². The number of nitrogens with two attached hydrogens (primary N) is 1. The van der Waals surface area contributed by atoms with E-state index in [1.54, 1.807) is 0 Å². The molecule has 0 unspecified atom stereocenters. The monoisotopic (exact) mass is 251 g/mol. The predicted octanol–water partition coefficient (Wildman–Crippen LogP) is 2.79. The smallest absolute Gasteiger partial charge is 0.0720 e. The van der Waals surface area contributed by atoms with Crippen molar-refractivity contribution in [2.45, 2.75) is 46.4 Å². The molecule has 3 heteroatoms. The molecule has 3 nitrogen and oxygen atoms in total. The number of benzene rings is 1. The van der Waals surface area contributed by atoms with Gasteiger partial charge in [-0.15, -0.1) is 0 Å². The lowest BCUT2D eigenvalue weighted by Gasteiger charge is -2.19. The first-order chi connectivity index (χ1) is 8.42. The largest absolute Gasteiger partial charge is 0.374 e. The van der Waals surface area contributed by atoms with E-state index in [4.69, 9.17) is 15.2 Å². The average Bonchev–Trinajstić information content (AvgIpc) is 2.29. The van der Waals surface area contributed by atoms with Crippen molar-refractivity contribution < 1.29 is 9.47 Å². The zero-order valence-corrected chi connectivity index (χ0v) is 12.0.